The molecule has 0 saturated carbocycles. The molecule has 0 saturated heterocycles. The Hall–Kier alpha value is -3.46. The molecular weight excluding hydrogens is 453 g/mol. The fourth-order valence-corrected chi connectivity index (χ4v) is 4.34. The number of benzene rings is 3. The third kappa shape index (κ3) is 5.31. The van der Waals surface area contributed by atoms with Crippen LogP contribution in [0.3, 0.4) is 0 Å². The largest absolute Gasteiger partial charge is 0.482 e. The Morgan fingerprint density at radius 2 is 1.88 bits per heavy atom. The second kappa shape index (κ2) is 9.19. The molecule has 4 aromatic rings. The molecule has 0 unspecified atom stereocenters. The van der Waals surface area contributed by atoms with Gasteiger partial charge in [0, 0.05) is 22.2 Å². The summed E-state index contributed by atoms with van der Waals surface area (Å²) >= 11 is 1.61. The van der Waals surface area contributed by atoms with Crippen molar-refractivity contribution >= 4 is 28.6 Å². The molecule has 1 aromatic heterocycles. The maximum absolute atomic E-state index is 12.8. The first kappa shape index (κ1) is 22.7. The highest BCUT2D eigenvalue weighted by Gasteiger charge is 2.30. The first-order valence-corrected chi connectivity index (χ1v) is 10.9. The molecule has 0 amide bonds. The van der Waals surface area contributed by atoms with Gasteiger partial charge < -0.3 is 9.84 Å². The van der Waals surface area contributed by atoms with E-state index >= 15 is 0 Å². The van der Waals surface area contributed by atoms with Crippen LogP contribution in [0.1, 0.15) is 16.7 Å². The Balaban J connectivity index is 1.52. The number of aryl methyl sites for hydroxylation is 1. The predicted molar refractivity (Wildman–Crippen MR) is 120 cm³/mol. The molecule has 0 spiro atoms. The second-order valence-corrected chi connectivity index (χ2v) is 8.42. The van der Waals surface area contributed by atoms with E-state index in [9.17, 15) is 18.0 Å². The lowest BCUT2D eigenvalue weighted by Crippen LogP contribution is -2.09. The van der Waals surface area contributed by atoms with Gasteiger partial charge >= 0.3 is 12.1 Å². The molecule has 0 radical (unpaired) electrons. The predicted octanol–water partition coefficient (Wildman–Crippen LogP) is 6.11. The number of alkyl halides is 3. The molecule has 9 heteroatoms. The van der Waals surface area contributed by atoms with Gasteiger partial charge in [-0.3, -0.25) is 0 Å². The molecule has 170 valence electrons. The highest BCUT2D eigenvalue weighted by molar-refractivity contribution is 7.98. The number of aromatic nitrogens is 2. The van der Waals surface area contributed by atoms with Gasteiger partial charge in [0.1, 0.15) is 5.75 Å². The molecule has 0 fully saturated rings. The number of hydrogen-bond acceptors (Lipinski definition) is 4. The number of carbonyl (C=O) groups is 1. The number of carboxylic acid groups (broad SMARTS) is 1. The van der Waals surface area contributed by atoms with Gasteiger partial charge in [0.15, 0.2) is 6.61 Å². The van der Waals surface area contributed by atoms with Crippen molar-refractivity contribution in [3.05, 3.63) is 83.6 Å². The van der Waals surface area contributed by atoms with E-state index in [2.05, 4.69) is 5.10 Å². The van der Waals surface area contributed by atoms with E-state index in [1.54, 1.807) is 22.5 Å². The van der Waals surface area contributed by atoms with Gasteiger partial charge in [-0.05, 0) is 66.6 Å². The molecule has 1 N–H and O–H groups in total. The zero-order chi connectivity index (χ0) is 23.6. The minimum Gasteiger partial charge on any atom is -0.482 e. The Morgan fingerprint density at radius 3 is 2.55 bits per heavy atom. The van der Waals surface area contributed by atoms with E-state index < -0.39 is 24.3 Å². The maximum atomic E-state index is 12.8. The van der Waals surface area contributed by atoms with Crippen LogP contribution in [0.4, 0.5) is 13.2 Å². The number of carboxylic acids is 1. The minimum absolute atomic E-state index is 0.391. The van der Waals surface area contributed by atoms with Gasteiger partial charge in [0.05, 0.1) is 16.8 Å². The standard InChI is InChI=1S/C24H19F3N2O3S/c1-15-11-19(9-10-22(15)32-13-23(30)31)33-14-16-3-2-4-21-20(16)12-29(28-21)18-7-5-17(6-8-18)24(25,26)27/h2-12H,13-14H2,1H3,(H,30,31). The molecule has 3 aromatic carbocycles. The average Bonchev–Trinajstić information content (AvgIpc) is 3.21. The van der Waals surface area contributed by atoms with Gasteiger partial charge in [-0.2, -0.15) is 18.3 Å². The van der Waals surface area contributed by atoms with Gasteiger partial charge in [-0.15, -0.1) is 11.8 Å². The number of halogens is 3. The summed E-state index contributed by atoms with van der Waals surface area (Å²) in [6.45, 7) is 1.47. The van der Waals surface area contributed by atoms with Crippen LogP contribution < -0.4 is 4.74 Å². The van der Waals surface area contributed by atoms with Crippen molar-refractivity contribution < 1.29 is 27.8 Å². The maximum Gasteiger partial charge on any atom is 0.416 e. The lowest BCUT2D eigenvalue weighted by molar-refractivity contribution is -0.139. The van der Waals surface area contributed by atoms with Gasteiger partial charge in [-0.25, -0.2) is 9.48 Å². The fraction of sp³-hybridized carbons (Fsp3) is 0.167. The van der Waals surface area contributed by atoms with Gasteiger partial charge in [-0.1, -0.05) is 12.1 Å². The van der Waals surface area contributed by atoms with Crippen molar-refractivity contribution in [3.63, 3.8) is 0 Å². The van der Waals surface area contributed by atoms with Crippen molar-refractivity contribution in [1.82, 2.24) is 9.78 Å². The van der Waals surface area contributed by atoms with E-state index in [0.29, 0.717) is 17.2 Å². The summed E-state index contributed by atoms with van der Waals surface area (Å²) in [6, 6.07) is 16.2. The van der Waals surface area contributed by atoms with Crippen LogP contribution in [0.5, 0.6) is 5.75 Å². The monoisotopic (exact) mass is 472 g/mol. The zero-order valence-electron chi connectivity index (χ0n) is 17.5. The number of nitrogens with zero attached hydrogens (tertiary/aromatic N) is 2. The molecule has 0 aliphatic heterocycles. The van der Waals surface area contributed by atoms with E-state index in [-0.39, 0.29) is 0 Å². The van der Waals surface area contributed by atoms with Crippen LogP contribution in [0.2, 0.25) is 0 Å². The Kier molecular flexibility index (Phi) is 6.33. The van der Waals surface area contributed by atoms with Crippen LogP contribution in [-0.2, 0) is 16.7 Å². The van der Waals surface area contributed by atoms with Crippen LogP contribution in [0.15, 0.2) is 71.8 Å². The molecule has 0 aliphatic rings. The van der Waals surface area contributed by atoms with E-state index in [1.165, 1.54) is 12.1 Å². The zero-order valence-corrected chi connectivity index (χ0v) is 18.3. The minimum atomic E-state index is -4.38. The number of aliphatic carboxylic acids is 1. The van der Waals surface area contributed by atoms with Crippen molar-refractivity contribution in [1.29, 1.82) is 0 Å². The second-order valence-electron chi connectivity index (χ2n) is 7.37. The summed E-state index contributed by atoms with van der Waals surface area (Å²) in [5, 5.41) is 14.2. The van der Waals surface area contributed by atoms with Crippen molar-refractivity contribution in [2.45, 2.75) is 23.7 Å². The summed E-state index contributed by atoms with van der Waals surface area (Å²) in [7, 11) is 0. The van der Waals surface area contributed by atoms with E-state index in [0.717, 1.165) is 39.1 Å². The first-order valence-electron chi connectivity index (χ1n) is 9.93. The molecule has 4 rings (SSSR count). The lowest BCUT2D eigenvalue weighted by Gasteiger charge is -2.09. The van der Waals surface area contributed by atoms with Crippen LogP contribution in [-0.4, -0.2) is 27.5 Å². The quantitative estimate of drug-likeness (QED) is 0.329. The van der Waals surface area contributed by atoms with Gasteiger partial charge in [0.25, 0.3) is 0 Å². The molecule has 0 atom stereocenters. The normalized spacial score (nSPS) is 11.6. The lowest BCUT2D eigenvalue weighted by atomic mass is 10.1. The fourth-order valence-electron chi connectivity index (χ4n) is 3.34. The highest BCUT2D eigenvalue weighted by atomic mass is 32.2. The van der Waals surface area contributed by atoms with E-state index in [4.69, 9.17) is 9.84 Å². The topological polar surface area (TPSA) is 64.4 Å². The summed E-state index contributed by atoms with van der Waals surface area (Å²) in [5.74, 6) is 0.157. The van der Waals surface area contributed by atoms with E-state index in [1.807, 2.05) is 43.5 Å². The number of thioether (sulfide) groups is 1. The SMILES string of the molecule is Cc1cc(SCc2cccc3nn(-c4ccc(C(F)(F)F)cc4)cc23)ccc1OCC(=O)O. The van der Waals surface area contributed by atoms with Crippen LogP contribution >= 0.6 is 11.8 Å². The summed E-state index contributed by atoms with van der Waals surface area (Å²) in [4.78, 5) is 11.7. The number of rotatable bonds is 7. The average molecular weight is 472 g/mol. The molecule has 0 aliphatic carbocycles. The number of hydrogen-bond donors (Lipinski definition) is 1. The Bertz CT molecular complexity index is 1300. The molecule has 0 bridgehead atoms. The van der Waals surface area contributed by atoms with Crippen molar-refractivity contribution in [2.75, 3.05) is 6.61 Å². The third-order valence-electron chi connectivity index (χ3n) is 4.99. The van der Waals surface area contributed by atoms with Gasteiger partial charge in [0.2, 0.25) is 0 Å². The first-order chi connectivity index (χ1) is 15.7. The van der Waals surface area contributed by atoms with Crippen molar-refractivity contribution in [2.24, 2.45) is 0 Å². The molecule has 5 nitrogen and oxygen atoms in total. The van der Waals surface area contributed by atoms with Crippen LogP contribution in [0, 0.1) is 6.92 Å². The Labute approximate surface area is 191 Å². The molecule has 33 heavy (non-hydrogen) atoms. The molecular formula is C24H19F3N2O3S. The highest BCUT2D eigenvalue weighted by Crippen LogP contribution is 2.32. The summed E-state index contributed by atoms with van der Waals surface area (Å²) in [5.41, 5.74) is 2.48. The molecule has 1 heterocycles. The Morgan fingerprint density at radius 1 is 1.12 bits per heavy atom. The summed E-state index contributed by atoms with van der Waals surface area (Å²) in [6.07, 6.45) is -2.56. The van der Waals surface area contributed by atoms with Crippen LogP contribution in [0.25, 0.3) is 16.6 Å². The third-order valence-corrected chi connectivity index (χ3v) is 6.03. The summed E-state index contributed by atoms with van der Waals surface area (Å²) < 4.78 is 45.3. The van der Waals surface area contributed by atoms with Crippen molar-refractivity contribution in [3.8, 4) is 11.4 Å². The number of ether oxygens (including phenoxy) is 1. The number of fused-ring (bicyclic) bond motifs is 1. The smallest absolute Gasteiger partial charge is 0.416 e.